The van der Waals surface area contributed by atoms with Gasteiger partial charge in [-0.05, 0) is 79.9 Å². The Morgan fingerprint density at radius 2 is 1.73 bits per heavy atom. The summed E-state index contributed by atoms with van der Waals surface area (Å²) in [6.45, 7) is -0.340. The molecule has 0 bridgehead atoms. The summed E-state index contributed by atoms with van der Waals surface area (Å²) in [6, 6.07) is 6.84. The Kier molecular flexibility index (Phi) is 6.32. The van der Waals surface area contributed by atoms with Gasteiger partial charge in [0.2, 0.25) is 0 Å². The van der Waals surface area contributed by atoms with E-state index < -0.39 is 29.6 Å². The summed E-state index contributed by atoms with van der Waals surface area (Å²) in [5, 5.41) is 2.08. The van der Waals surface area contributed by atoms with Crippen LogP contribution in [0.4, 0.5) is 14.9 Å². The van der Waals surface area contributed by atoms with Gasteiger partial charge in [0.05, 0.1) is 14.6 Å². The number of hydrogen-bond donors (Lipinski definition) is 2. The Hall–Kier alpha value is -3.05. The van der Waals surface area contributed by atoms with Crippen molar-refractivity contribution in [2.75, 3.05) is 11.5 Å². The van der Waals surface area contributed by atoms with Gasteiger partial charge in [-0.25, -0.2) is 14.1 Å². The van der Waals surface area contributed by atoms with Gasteiger partial charge in [0.15, 0.2) is 6.61 Å². The first kappa shape index (κ1) is 21.7. The molecule has 1 saturated heterocycles. The molecule has 1 fully saturated rings. The van der Waals surface area contributed by atoms with Crippen molar-refractivity contribution in [2.24, 2.45) is 5.73 Å². The van der Waals surface area contributed by atoms with E-state index in [-0.39, 0.29) is 17.9 Å². The van der Waals surface area contributed by atoms with Gasteiger partial charge in [-0.1, -0.05) is 0 Å². The first-order chi connectivity index (χ1) is 14.2. The van der Waals surface area contributed by atoms with Gasteiger partial charge in [0.25, 0.3) is 17.7 Å². The number of imide groups is 2. The quantitative estimate of drug-likeness (QED) is 0.446. The number of nitrogens with one attached hydrogen (secondary N) is 1. The lowest BCUT2D eigenvalue weighted by molar-refractivity contribution is -0.123. The first-order valence-corrected chi connectivity index (χ1v) is 9.83. The number of ether oxygens (including phenoxy) is 1. The van der Waals surface area contributed by atoms with Gasteiger partial charge in [0.1, 0.15) is 17.1 Å². The number of nitrogens with two attached hydrogens (primary N) is 1. The van der Waals surface area contributed by atoms with E-state index >= 15 is 0 Å². The van der Waals surface area contributed by atoms with Crippen LogP contribution in [0.2, 0.25) is 0 Å². The summed E-state index contributed by atoms with van der Waals surface area (Å²) < 4.78 is 19.3. The Morgan fingerprint density at radius 1 is 1.13 bits per heavy atom. The average Bonchev–Trinajstić information content (AvgIpc) is 2.65. The molecular formula is C19H12Br2FN3O5. The molecule has 0 atom stereocenters. The lowest BCUT2D eigenvalue weighted by atomic mass is 10.1. The molecule has 2 aromatic carbocycles. The third-order valence-electron chi connectivity index (χ3n) is 3.88. The van der Waals surface area contributed by atoms with E-state index in [1.807, 2.05) is 0 Å². The molecule has 0 radical (unpaired) electrons. The largest absolute Gasteiger partial charge is 0.481 e. The van der Waals surface area contributed by atoms with Crippen LogP contribution in [0.3, 0.4) is 0 Å². The van der Waals surface area contributed by atoms with E-state index in [0.29, 0.717) is 20.3 Å². The SMILES string of the molecule is NC(=O)COc1c(Br)cc(/C=C2\C(=O)NC(=O)N(c3ccc(F)cc3)C2=O)cc1Br. The number of carbonyl (C=O) groups is 4. The minimum atomic E-state index is -0.939. The molecule has 11 heteroatoms. The van der Waals surface area contributed by atoms with Crippen LogP contribution in [0, 0.1) is 5.82 Å². The molecule has 1 heterocycles. The average molecular weight is 541 g/mol. The van der Waals surface area contributed by atoms with Crippen molar-refractivity contribution in [3.05, 3.63) is 62.3 Å². The minimum Gasteiger partial charge on any atom is -0.481 e. The van der Waals surface area contributed by atoms with Gasteiger partial charge >= 0.3 is 6.03 Å². The molecule has 0 unspecified atom stereocenters. The fourth-order valence-electron chi connectivity index (χ4n) is 2.59. The monoisotopic (exact) mass is 539 g/mol. The maximum atomic E-state index is 13.2. The van der Waals surface area contributed by atoms with E-state index in [9.17, 15) is 23.6 Å². The Balaban J connectivity index is 1.96. The number of amides is 5. The van der Waals surface area contributed by atoms with Gasteiger partial charge < -0.3 is 10.5 Å². The third kappa shape index (κ3) is 4.57. The van der Waals surface area contributed by atoms with Gasteiger partial charge in [-0.3, -0.25) is 19.7 Å². The number of carbonyl (C=O) groups excluding carboxylic acids is 4. The number of barbiturate groups is 1. The number of halogens is 3. The zero-order valence-corrected chi connectivity index (χ0v) is 18.1. The molecule has 0 saturated carbocycles. The number of nitrogens with zero attached hydrogens (tertiary/aromatic N) is 1. The molecule has 0 spiro atoms. The number of primary amides is 1. The second-order valence-corrected chi connectivity index (χ2v) is 7.71. The van der Waals surface area contributed by atoms with Crippen LogP contribution in [0.25, 0.3) is 6.08 Å². The molecule has 5 amide bonds. The lowest BCUT2D eigenvalue weighted by Crippen LogP contribution is -2.54. The summed E-state index contributed by atoms with van der Waals surface area (Å²) in [5.41, 5.74) is 5.29. The lowest BCUT2D eigenvalue weighted by Gasteiger charge is -2.26. The molecule has 2 aromatic rings. The van der Waals surface area contributed by atoms with Crippen LogP contribution in [0.1, 0.15) is 5.56 Å². The summed E-state index contributed by atoms with van der Waals surface area (Å²) >= 11 is 6.57. The van der Waals surface area contributed by atoms with E-state index in [1.54, 1.807) is 12.1 Å². The summed E-state index contributed by atoms with van der Waals surface area (Å²) in [5.74, 6) is -2.63. The summed E-state index contributed by atoms with van der Waals surface area (Å²) in [6.07, 6.45) is 1.29. The van der Waals surface area contributed by atoms with Crippen LogP contribution < -0.4 is 20.7 Å². The predicted octanol–water partition coefficient (Wildman–Crippen LogP) is 2.88. The fourth-order valence-corrected chi connectivity index (χ4v) is 4.04. The molecule has 3 rings (SSSR count). The highest BCUT2D eigenvalue weighted by Crippen LogP contribution is 2.35. The number of hydrogen-bond acceptors (Lipinski definition) is 5. The summed E-state index contributed by atoms with van der Waals surface area (Å²) in [7, 11) is 0. The van der Waals surface area contributed by atoms with Crippen molar-refractivity contribution in [1.82, 2.24) is 5.32 Å². The molecule has 3 N–H and O–H groups in total. The molecule has 154 valence electrons. The van der Waals surface area contributed by atoms with E-state index in [1.165, 1.54) is 18.2 Å². The highest BCUT2D eigenvalue weighted by molar-refractivity contribution is 9.11. The number of urea groups is 1. The van der Waals surface area contributed by atoms with Crippen molar-refractivity contribution in [1.29, 1.82) is 0 Å². The molecular weight excluding hydrogens is 529 g/mol. The van der Waals surface area contributed by atoms with Crippen molar-refractivity contribution in [3.8, 4) is 5.75 Å². The summed E-state index contributed by atoms with van der Waals surface area (Å²) in [4.78, 5) is 48.9. The highest BCUT2D eigenvalue weighted by Gasteiger charge is 2.36. The van der Waals surface area contributed by atoms with Gasteiger partial charge in [-0.15, -0.1) is 0 Å². The zero-order chi connectivity index (χ0) is 22.0. The van der Waals surface area contributed by atoms with Crippen molar-refractivity contribution >= 4 is 67.4 Å². The highest BCUT2D eigenvalue weighted by atomic mass is 79.9. The Labute approximate surface area is 186 Å². The normalized spacial score (nSPS) is 15.4. The van der Waals surface area contributed by atoms with Crippen LogP contribution in [0.5, 0.6) is 5.75 Å². The molecule has 0 aromatic heterocycles. The van der Waals surface area contributed by atoms with Gasteiger partial charge in [-0.2, -0.15) is 0 Å². The zero-order valence-electron chi connectivity index (χ0n) is 14.9. The van der Waals surface area contributed by atoms with E-state index in [4.69, 9.17) is 10.5 Å². The van der Waals surface area contributed by atoms with Gasteiger partial charge in [0, 0.05) is 0 Å². The Morgan fingerprint density at radius 3 is 2.30 bits per heavy atom. The van der Waals surface area contributed by atoms with Crippen LogP contribution in [-0.2, 0) is 14.4 Å². The van der Waals surface area contributed by atoms with E-state index in [2.05, 4.69) is 37.2 Å². The number of benzene rings is 2. The van der Waals surface area contributed by atoms with E-state index in [0.717, 1.165) is 17.0 Å². The molecule has 30 heavy (non-hydrogen) atoms. The maximum absolute atomic E-state index is 13.2. The van der Waals surface area contributed by atoms with Crippen LogP contribution in [0.15, 0.2) is 50.9 Å². The standard InChI is InChI=1S/C19H12Br2FN3O5/c20-13-6-9(7-14(21)16(13)30-8-15(23)26)5-12-17(27)24-19(29)25(18(12)28)11-3-1-10(22)2-4-11/h1-7H,8H2,(H2,23,26)(H,24,27,29)/b12-5+. The Bertz CT molecular complexity index is 1080. The second-order valence-electron chi connectivity index (χ2n) is 6.00. The van der Waals surface area contributed by atoms with Crippen LogP contribution >= 0.6 is 31.9 Å². The molecule has 1 aliphatic rings. The number of anilines is 1. The van der Waals surface area contributed by atoms with Crippen molar-refractivity contribution in [2.45, 2.75) is 0 Å². The fraction of sp³-hybridized carbons (Fsp3) is 0.0526. The second kappa shape index (κ2) is 8.76. The molecule has 0 aliphatic carbocycles. The number of rotatable bonds is 5. The minimum absolute atomic E-state index is 0.106. The maximum Gasteiger partial charge on any atom is 0.335 e. The topological polar surface area (TPSA) is 119 Å². The molecule has 1 aliphatic heterocycles. The smallest absolute Gasteiger partial charge is 0.335 e. The molecule has 8 nitrogen and oxygen atoms in total. The third-order valence-corrected chi connectivity index (χ3v) is 5.05. The van der Waals surface area contributed by atoms with Crippen molar-refractivity contribution in [3.63, 3.8) is 0 Å². The predicted molar refractivity (Wildman–Crippen MR) is 112 cm³/mol. The van der Waals surface area contributed by atoms with Crippen molar-refractivity contribution < 1.29 is 28.3 Å². The van der Waals surface area contributed by atoms with Crippen LogP contribution in [-0.4, -0.2) is 30.4 Å². The first-order valence-electron chi connectivity index (χ1n) is 8.24.